The van der Waals surface area contributed by atoms with E-state index in [0.29, 0.717) is 5.92 Å². The first-order valence-electron chi connectivity index (χ1n) is 6.20. The van der Waals surface area contributed by atoms with Crippen LogP contribution in [0.15, 0.2) is 16.1 Å². The smallest absolute Gasteiger partial charge is 0.0587 e. The van der Waals surface area contributed by atoms with Crippen LogP contribution in [0.2, 0.25) is 0 Å². The lowest BCUT2D eigenvalue weighted by Gasteiger charge is -2.12. The third-order valence-electron chi connectivity index (χ3n) is 2.76. The quantitative estimate of drug-likeness (QED) is 0.759. The summed E-state index contributed by atoms with van der Waals surface area (Å²) in [7, 11) is 1.73. The van der Waals surface area contributed by atoms with Crippen LogP contribution in [0.1, 0.15) is 23.6 Å². The second-order valence-corrected chi connectivity index (χ2v) is 6.74. The number of halogens is 1. The van der Waals surface area contributed by atoms with E-state index in [1.54, 1.807) is 7.11 Å². The number of hydrogen-bond donors (Lipinski definition) is 1. The Morgan fingerprint density at radius 1 is 1.56 bits per heavy atom. The zero-order valence-electron chi connectivity index (χ0n) is 11.5. The van der Waals surface area contributed by atoms with Crippen LogP contribution in [-0.4, -0.2) is 26.8 Å². The van der Waals surface area contributed by atoms with Crippen molar-refractivity contribution in [2.75, 3.05) is 26.8 Å². The fraction of sp³-hybridized carbons (Fsp3) is 0.571. The van der Waals surface area contributed by atoms with Gasteiger partial charge in [-0.15, -0.1) is 11.3 Å². The first-order valence-corrected chi connectivity index (χ1v) is 7.81. The van der Waals surface area contributed by atoms with E-state index in [1.165, 1.54) is 19.8 Å². The fourth-order valence-electron chi connectivity index (χ4n) is 1.56. The summed E-state index contributed by atoms with van der Waals surface area (Å²) in [5.41, 5.74) is 1.43. The summed E-state index contributed by atoms with van der Waals surface area (Å²) in [4.78, 5) is 2.65. The molecule has 1 aromatic rings. The molecule has 1 aromatic heterocycles. The zero-order valence-corrected chi connectivity index (χ0v) is 14.0. The second-order valence-electron chi connectivity index (χ2n) is 4.60. The summed E-state index contributed by atoms with van der Waals surface area (Å²) >= 11 is 5.39. The van der Waals surface area contributed by atoms with Gasteiger partial charge in [-0.05, 0) is 40.9 Å². The summed E-state index contributed by atoms with van der Waals surface area (Å²) in [5.74, 6) is 0.557. The number of aryl methyl sites for hydroxylation is 1. The highest BCUT2D eigenvalue weighted by atomic mass is 79.9. The van der Waals surface area contributed by atoms with Gasteiger partial charge >= 0.3 is 0 Å². The highest BCUT2D eigenvalue weighted by Crippen LogP contribution is 2.28. The van der Waals surface area contributed by atoms with Crippen molar-refractivity contribution in [3.05, 3.63) is 25.9 Å². The molecule has 0 aliphatic carbocycles. The highest BCUT2D eigenvalue weighted by molar-refractivity contribution is 9.10. The molecule has 0 spiro atoms. The van der Waals surface area contributed by atoms with E-state index in [0.717, 1.165) is 19.7 Å². The average molecular weight is 332 g/mol. The Morgan fingerprint density at radius 3 is 2.78 bits per heavy atom. The van der Waals surface area contributed by atoms with Gasteiger partial charge in [0.05, 0.1) is 6.61 Å². The molecule has 0 fully saturated rings. The monoisotopic (exact) mass is 331 g/mol. The molecule has 2 nitrogen and oxygen atoms in total. The molecule has 0 aromatic carbocycles. The van der Waals surface area contributed by atoms with Gasteiger partial charge in [0.25, 0.3) is 0 Å². The highest BCUT2D eigenvalue weighted by Gasteiger charge is 2.06. The topological polar surface area (TPSA) is 21.3 Å². The molecule has 1 N–H and O–H groups in total. The lowest BCUT2D eigenvalue weighted by Crippen LogP contribution is -2.23. The molecule has 18 heavy (non-hydrogen) atoms. The van der Waals surface area contributed by atoms with Gasteiger partial charge in [-0.25, -0.2) is 0 Å². The third kappa shape index (κ3) is 5.22. The van der Waals surface area contributed by atoms with Gasteiger partial charge in [0.1, 0.15) is 0 Å². The van der Waals surface area contributed by atoms with Crippen LogP contribution < -0.4 is 5.32 Å². The van der Waals surface area contributed by atoms with Gasteiger partial charge in [-0.1, -0.05) is 19.4 Å². The molecule has 0 bridgehead atoms. The Hall–Kier alpha value is -0.160. The number of hydrogen-bond acceptors (Lipinski definition) is 3. The maximum Gasteiger partial charge on any atom is 0.0587 e. The Labute approximate surface area is 123 Å². The van der Waals surface area contributed by atoms with Crippen LogP contribution in [0.3, 0.4) is 0 Å². The van der Waals surface area contributed by atoms with Crippen molar-refractivity contribution in [2.24, 2.45) is 5.92 Å². The Balaban J connectivity index is 2.66. The average Bonchev–Trinajstić information content (AvgIpc) is 2.62. The summed E-state index contributed by atoms with van der Waals surface area (Å²) in [5, 5.41) is 3.41. The molecule has 0 saturated heterocycles. The first kappa shape index (κ1) is 15.9. The maximum absolute atomic E-state index is 5.04. The molecule has 1 heterocycles. The number of ether oxygens (including phenoxy) is 1. The molecule has 0 amide bonds. The van der Waals surface area contributed by atoms with Gasteiger partial charge < -0.3 is 10.1 Å². The van der Waals surface area contributed by atoms with Crippen molar-refractivity contribution in [3.63, 3.8) is 0 Å². The van der Waals surface area contributed by atoms with Crippen LogP contribution in [0.25, 0.3) is 6.08 Å². The molecule has 0 radical (unpaired) electrons. The van der Waals surface area contributed by atoms with Crippen molar-refractivity contribution >= 4 is 33.3 Å². The lowest BCUT2D eigenvalue weighted by molar-refractivity contribution is 0.200. The number of thiophene rings is 1. The Kier molecular flexibility index (Phi) is 7.15. The van der Waals surface area contributed by atoms with Gasteiger partial charge in [0.2, 0.25) is 0 Å². The molecule has 102 valence electrons. The van der Waals surface area contributed by atoms with Crippen LogP contribution in [-0.2, 0) is 4.74 Å². The lowest BCUT2D eigenvalue weighted by atomic mass is 10.0. The summed E-state index contributed by atoms with van der Waals surface area (Å²) < 4.78 is 6.24. The first-order chi connectivity index (χ1) is 8.54. The van der Waals surface area contributed by atoms with Gasteiger partial charge in [-0.3, -0.25) is 0 Å². The van der Waals surface area contributed by atoms with Crippen molar-refractivity contribution in [2.45, 2.75) is 20.8 Å². The largest absolute Gasteiger partial charge is 0.383 e. The zero-order chi connectivity index (χ0) is 13.5. The number of nitrogens with one attached hydrogen (secondary N) is 1. The Bertz CT molecular complexity index is 379. The van der Waals surface area contributed by atoms with Crippen molar-refractivity contribution < 1.29 is 4.74 Å². The third-order valence-corrected chi connectivity index (χ3v) is 4.84. The van der Waals surface area contributed by atoms with Crippen molar-refractivity contribution in [1.82, 2.24) is 5.32 Å². The van der Waals surface area contributed by atoms with E-state index < -0.39 is 0 Å². The fourth-order valence-corrected chi connectivity index (χ4v) is 3.10. The van der Waals surface area contributed by atoms with Crippen LogP contribution >= 0.6 is 27.3 Å². The molecule has 4 heteroatoms. The van der Waals surface area contributed by atoms with Gasteiger partial charge in [-0.2, -0.15) is 0 Å². The van der Waals surface area contributed by atoms with Crippen LogP contribution in [0.4, 0.5) is 0 Å². The van der Waals surface area contributed by atoms with E-state index in [2.05, 4.69) is 54.2 Å². The van der Waals surface area contributed by atoms with Gasteiger partial charge in [0.15, 0.2) is 0 Å². The molecular weight excluding hydrogens is 310 g/mol. The second kappa shape index (κ2) is 8.10. The van der Waals surface area contributed by atoms with E-state index in [1.807, 2.05) is 11.3 Å². The standard InChI is InChI=1S/C14H22BrNOS/c1-10(2)12(9-16-5-6-17-4)7-13-8-14(15)11(3)18-13/h7-8,10,16H,5-6,9H2,1-4H3. The predicted octanol–water partition coefficient (Wildman–Crippen LogP) is 4.09. The minimum absolute atomic E-state index is 0.557. The van der Waals surface area contributed by atoms with E-state index >= 15 is 0 Å². The summed E-state index contributed by atoms with van der Waals surface area (Å²) in [6.45, 7) is 9.19. The normalized spacial score (nSPS) is 12.4. The predicted molar refractivity (Wildman–Crippen MR) is 84.3 cm³/mol. The van der Waals surface area contributed by atoms with Crippen LogP contribution in [0.5, 0.6) is 0 Å². The Morgan fingerprint density at radius 2 is 2.28 bits per heavy atom. The minimum Gasteiger partial charge on any atom is -0.383 e. The van der Waals surface area contributed by atoms with E-state index in [9.17, 15) is 0 Å². The van der Waals surface area contributed by atoms with Crippen LogP contribution in [0, 0.1) is 12.8 Å². The molecule has 0 aliphatic rings. The van der Waals surface area contributed by atoms with Crippen molar-refractivity contribution in [1.29, 1.82) is 0 Å². The summed E-state index contributed by atoms with van der Waals surface area (Å²) in [6, 6.07) is 2.19. The van der Waals surface area contributed by atoms with Gasteiger partial charge in [0, 0.05) is 34.4 Å². The number of rotatable bonds is 7. The molecule has 1 rings (SSSR count). The maximum atomic E-state index is 5.04. The van der Waals surface area contributed by atoms with E-state index in [-0.39, 0.29) is 0 Å². The molecule has 0 atom stereocenters. The van der Waals surface area contributed by atoms with Crippen molar-refractivity contribution in [3.8, 4) is 0 Å². The molecule has 0 saturated carbocycles. The molecule has 0 unspecified atom stereocenters. The SMILES string of the molecule is COCCNCC(=Cc1cc(Br)c(C)s1)C(C)C. The molecular formula is C14H22BrNOS. The summed E-state index contributed by atoms with van der Waals surface area (Å²) in [6.07, 6.45) is 2.30. The minimum atomic E-state index is 0.557. The molecule has 0 aliphatic heterocycles. The van der Waals surface area contributed by atoms with E-state index in [4.69, 9.17) is 4.74 Å². The number of methoxy groups -OCH3 is 1.